The minimum atomic E-state index is -0.285. The molecule has 136 valence electrons. The van der Waals surface area contributed by atoms with E-state index in [2.05, 4.69) is 21.1 Å². The Labute approximate surface area is 148 Å². The summed E-state index contributed by atoms with van der Waals surface area (Å²) in [5.74, 6) is -0.285. The van der Waals surface area contributed by atoms with Gasteiger partial charge in [-0.1, -0.05) is 0 Å². The van der Waals surface area contributed by atoms with Crippen molar-refractivity contribution in [3.63, 3.8) is 0 Å². The van der Waals surface area contributed by atoms with Crippen LogP contribution in [0.4, 0.5) is 0 Å². The number of ether oxygens (including phenoxy) is 1. The molecule has 0 amide bonds. The number of methoxy groups -OCH3 is 1. The van der Waals surface area contributed by atoms with E-state index < -0.39 is 0 Å². The maximum Gasteiger partial charge on any atom is 0.354 e. The molecule has 25 heavy (non-hydrogen) atoms. The second kappa shape index (κ2) is 7.84. The molecule has 0 atom stereocenters. The third-order valence-electron chi connectivity index (χ3n) is 4.85. The van der Waals surface area contributed by atoms with Crippen LogP contribution in [0.25, 0.3) is 0 Å². The molecule has 0 spiro atoms. The highest BCUT2D eigenvalue weighted by Gasteiger charge is 2.18. The van der Waals surface area contributed by atoms with E-state index in [1.54, 1.807) is 0 Å². The van der Waals surface area contributed by atoms with Crippen molar-refractivity contribution in [1.29, 1.82) is 0 Å². The van der Waals surface area contributed by atoms with Gasteiger partial charge in [0, 0.05) is 57.7 Å². The Hall–Kier alpha value is -2.12. The molecule has 0 aliphatic carbocycles. The van der Waals surface area contributed by atoms with Gasteiger partial charge in [-0.2, -0.15) is 5.10 Å². The number of esters is 1. The van der Waals surface area contributed by atoms with Crippen molar-refractivity contribution in [2.75, 3.05) is 33.3 Å². The van der Waals surface area contributed by atoms with Crippen molar-refractivity contribution < 1.29 is 9.53 Å². The van der Waals surface area contributed by atoms with Gasteiger partial charge in [-0.25, -0.2) is 4.79 Å². The largest absolute Gasteiger partial charge is 0.464 e. The summed E-state index contributed by atoms with van der Waals surface area (Å²) >= 11 is 0. The first-order chi connectivity index (χ1) is 12.1. The minimum absolute atomic E-state index is 0.285. The molecule has 1 aliphatic rings. The van der Waals surface area contributed by atoms with Crippen molar-refractivity contribution in [2.45, 2.75) is 19.5 Å². The molecule has 0 unspecified atom stereocenters. The fourth-order valence-electron chi connectivity index (χ4n) is 3.40. The number of aromatic nitrogens is 3. The molecule has 7 nitrogen and oxygen atoms in total. The fraction of sp³-hybridized carbons (Fsp3) is 0.556. The molecular formula is C18H27N5O2. The number of nitrogens with zero attached hydrogens (tertiary/aromatic N) is 5. The molecule has 3 heterocycles. The Balaban J connectivity index is 1.56. The van der Waals surface area contributed by atoms with E-state index in [1.165, 1.54) is 12.7 Å². The van der Waals surface area contributed by atoms with E-state index in [9.17, 15) is 4.79 Å². The Morgan fingerprint density at radius 1 is 1.12 bits per heavy atom. The summed E-state index contributed by atoms with van der Waals surface area (Å²) in [5, 5.41) is 4.25. The predicted octanol–water partition coefficient (Wildman–Crippen LogP) is 1.25. The third-order valence-corrected chi connectivity index (χ3v) is 4.85. The number of carbonyl (C=O) groups excluding carboxylic acids is 1. The Morgan fingerprint density at radius 3 is 2.48 bits per heavy atom. The van der Waals surface area contributed by atoms with Crippen LogP contribution in [-0.4, -0.2) is 63.4 Å². The smallest absolute Gasteiger partial charge is 0.354 e. The minimum Gasteiger partial charge on any atom is -0.464 e. The molecule has 3 rings (SSSR count). The maximum absolute atomic E-state index is 11.7. The summed E-state index contributed by atoms with van der Waals surface area (Å²) in [6.07, 6.45) is 5.18. The van der Waals surface area contributed by atoms with Gasteiger partial charge in [0.1, 0.15) is 5.69 Å². The summed E-state index contributed by atoms with van der Waals surface area (Å²) in [4.78, 5) is 16.7. The van der Waals surface area contributed by atoms with Gasteiger partial charge in [0.15, 0.2) is 0 Å². The highest BCUT2D eigenvalue weighted by Crippen LogP contribution is 2.14. The monoisotopic (exact) mass is 345 g/mol. The van der Waals surface area contributed by atoms with Crippen molar-refractivity contribution >= 4 is 5.97 Å². The molecule has 0 N–H and O–H groups in total. The summed E-state index contributed by atoms with van der Waals surface area (Å²) in [7, 11) is 5.30. The van der Waals surface area contributed by atoms with Gasteiger partial charge in [0.2, 0.25) is 0 Å². The summed E-state index contributed by atoms with van der Waals surface area (Å²) < 4.78 is 8.62. The van der Waals surface area contributed by atoms with E-state index in [4.69, 9.17) is 4.74 Å². The number of rotatable bonds is 5. The predicted molar refractivity (Wildman–Crippen MR) is 95.1 cm³/mol. The van der Waals surface area contributed by atoms with Gasteiger partial charge in [0.25, 0.3) is 0 Å². The standard InChI is InChI=1S/C18H27N5O2/c1-20-12-15(11-19-20)13-22-7-4-8-23(10-9-22)14-16-5-6-17(21(16)2)18(24)25-3/h5-6,11-12H,4,7-10,13-14H2,1-3H3. The molecule has 2 aromatic rings. The van der Waals surface area contributed by atoms with Crippen LogP contribution in [-0.2, 0) is 31.9 Å². The van der Waals surface area contributed by atoms with Crippen LogP contribution in [0, 0.1) is 0 Å². The molecule has 0 aromatic carbocycles. The van der Waals surface area contributed by atoms with Crippen LogP contribution in [0.5, 0.6) is 0 Å². The number of hydrogen-bond donors (Lipinski definition) is 0. The fourth-order valence-corrected chi connectivity index (χ4v) is 3.40. The topological polar surface area (TPSA) is 55.5 Å². The van der Waals surface area contributed by atoms with Gasteiger partial charge >= 0.3 is 5.97 Å². The van der Waals surface area contributed by atoms with Crippen LogP contribution in [0.2, 0.25) is 0 Å². The highest BCUT2D eigenvalue weighted by atomic mass is 16.5. The van der Waals surface area contributed by atoms with Crippen molar-refractivity contribution in [1.82, 2.24) is 24.1 Å². The summed E-state index contributed by atoms with van der Waals surface area (Å²) in [6, 6.07) is 3.86. The molecule has 0 bridgehead atoms. The first kappa shape index (κ1) is 17.7. The molecule has 1 saturated heterocycles. The van der Waals surface area contributed by atoms with E-state index in [1.807, 2.05) is 41.7 Å². The zero-order chi connectivity index (χ0) is 17.8. The van der Waals surface area contributed by atoms with Crippen LogP contribution >= 0.6 is 0 Å². The van der Waals surface area contributed by atoms with Gasteiger partial charge in [-0.05, 0) is 31.6 Å². The van der Waals surface area contributed by atoms with Crippen LogP contribution < -0.4 is 0 Å². The Kier molecular flexibility index (Phi) is 5.55. The molecule has 1 fully saturated rings. The lowest BCUT2D eigenvalue weighted by atomic mass is 10.3. The Bertz CT molecular complexity index is 721. The molecule has 0 radical (unpaired) electrons. The van der Waals surface area contributed by atoms with Crippen LogP contribution in [0.1, 0.15) is 28.2 Å². The molecule has 7 heteroatoms. The number of hydrogen-bond acceptors (Lipinski definition) is 5. The average molecular weight is 345 g/mol. The zero-order valence-corrected chi connectivity index (χ0v) is 15.3. The maximum atomic E-state index is 11.7. The lowest BCUT2D eigenvalue weighted by Crippen LogP contribution is -2.30. The molecule has 1 aliphatic heterocycles. The number of carbonyl (C=O) groups is 1. The van der Waals surface area contributed by atoms with E-state index in [-0.39, 0.29) is 5.97 Å². The van der Waals surface area contributed by atoms with Gasteiger partial charge in [0.05, 0.1) is 13.3 Å². The average Bonchev–Trinajstić information content (AvgIpc) is 3.09. The number of aryl methyl sites for hydroxylation is 1. The van der Waals surface area contributed by atoms with Gasteiger partial charge < -0.3 is 9.30 Å². The summed E-state index contributed by atoms with van der Waals surface area (Å²) in [5.41, 5.74) is 3.01. The second-order valence-corrected chi connectivity index (χ2v) is 6.69. The van der Waals surface area contributed by atoms with E-state index in [0.717, 1.165) is 51.4 Å². The lowest BCUT2D eigenvalue weighted by Gasteiger charge is -2.21. The van der Waals surface area contributed by atoms with Crippen LogP contribution in [0.3, 0.4) is 0 Å². The normalized spacial score (nSPS) is 16.8. The van der Waals surface area contributed by atoms with E-state index in [0.29, 0.717) is 5.69 Å². The molecule has 2 aromatic heterocycles. The first-order valence-corrected chi connectivity index (χ1v) is 8.72. The summed E-state index contributed by atoms with van der Waals surface area (Å²) in [6.45, 7) is 6.06. The Morgan fingerprint density at radius 2 is 1.84 bits per heavy atom. The lowest BCUT2D eigenvalue weighted by molar-refractivity contribution is 0.0589. The SMILES string of the molecule is COC(=O)c1ccc(CN2CCCN(Cc3cnn(C)c3)CC2)n1C. The van der Waals surface area contributed by atoms with Crippen molar-refractivity contribution in [3.05, 3.63) is 41.5 Å². The quantitative estimate of drug-likeness (QED) is 0.764. The first-order valence-electron chi connectivity index (χ1n) is 8.72. The second-order valence-electron chi connectivity index (χ2n) is 6.69. The zero-order valence-electron chi connectivity index (χ0n) is 15.3. The van der Waals surface area contributed by atoms with E-state index >= 15 is 0 Å². The van der Waals surface area contributed by atoms with Crippen LogP contribution in [0.15, 0.2) is 24.5 Å². The van der Waals surface area contributed by atoms with Gasteiger partial charge in [-0.3, -0.25) is 14.5 Å². The molecule has 0 saturated carbocycles. The van der Waals surface area contributed by atoms with Crippen molar-refractivity contribution in [3.8, 4) is 0 Å². The third kappa shape index (κ3) is 4.29. The van der Waals surface area contributed by atoms with Crippen molar-refractivity contribution in [2.24, 2.45) is 14.1 Å². The highest BCUT2D eigenvalue weighted by molar-refractivity contribution is 5.87. The molecular weight excluding hydrogens is 318 g/mol. The van der Waals surface area contributed by atoms with Gasteiger partial charge in [-0.15, -0.1) is 0 Å².